The zero-order valence-corrected chi connectivity index (χ0v) is 17.5. The average Bonchev–Trinajstić information content (AvgIpc) is 3.44. The van der Waals surface area contributed by atoms with Gasteiger partial charge in [-0.1, -0.05) is 17.7 Å². The van der Waals surface area contributed by atoms with Crippen molar-refractivity contribution in [2.45, 2.75) is 13.2 Å². The molecule has 0 fully saturated rings. The van der Waals surface area contributed by atoms with Crippen LogP contribution in [0.5, 0.6) is 5.75 Å². The van der Waals surface area contributed by atoms with Crippen molar-refractivity contribution >= 4 is 28.8 Å². The van der Waals surface area contributed by atoms with E-state index in [9.17, 15) is 13.6 Å². The minimum Gasteiger partial charge on any atom is -0.489 e. The Morgan fingerprint density at radius 3 is 2.77 bits per heavy atom. The molecular weight excluding hydrogens is 446 g/mol. The van der Waals surface area contributed by atoms with Gasteiger partial charge in [-0.15, -0.1) is 11.3 Å². The van der Waals surface area contributed by atoms with Gasteiger partial charge in [0.1, 0.15) is 40.5 Å². The Bertz CT molecular complexity index is 1190. The van der Waals surface area contributed by atoms with E-state index in [0.717, 1.165) is 11.3 Å². The van der Waals surface area contributed by atoms with Crippen molar-refractivity contribution in [3.63, 3.8) is 0 Å². The van der Waals surface area contributed by atoms with Gasteiger partial charge in [0.25, 0.3) is 5.91 Å². The summed E-state index contributed by atoms with van der Waals surface area (Å²) in [5, 5.41) is 4.83. The topological polar surface area (TPSA) is 64.4 Å². The third-order valence-corrected chi connectivity index (χ3v) is 5.59. The van der Waals surface area contributed by atoms with Crippen LogP contribution in [0.4, 0.5) is 8.78 Å². The fraction of sp³-hybridized carbons (Fsp3) is 0.0909. The Balaban J connectivity index is 1.43. The van der Waals surface area contributed by atoms with Gasteiger partial charge < -0.3 is 14.5 Å². The number of carbonyl (C=O) groups is 1. The Kier molecular flexibility index (Phi) is 6.29. The average molecular weight is 461 g/mol. The van der Waals surface area contributed by atoms with E-state index in [1.165, 1.54) is 30.5 Å². The largest absolute Gasteiger partial charge is 0.489 e. The highest BCUT2D eigenvalue weighted by Crippen LogP contribution is 2.30. The molecule has 0 aliphatic heterocycles. The lowest BCUT2D eigenvalue weighted by molar-refractivity contribution is 0.0944. The molecule has 0 spiro atoms. The van der Waals surface area contributed by atoms with E-state index >= 15 is 0 Å². The number of aromatic nitrogens is 1. The van der Waals surface area contributed by atoms with Gasteiger partial charge in [0.05, 0.1) is 17.8 Å². The standard InChI is InChI=1S/C22H15ClF2N2O3S/c23-17-4-1-5-18(24)16(17)11-30-13-6-7-15(19(25)9-13)22-27-20(12-31-22)21(28)26-10-14-3-2-8-29-14/h1-9,12H,10-11H2,(H,26,28). The number of halogens is 3. The maximum atomic E-state index is 14.6. The quantitative estimate of drug-likeness (QED) is 0.376. The van der Waals surface area contributed by atoms with Crippen molar-refractivity contribution < 1.29 is 22.7 Å². The highest BCUT2D eigenvalue weighted by molar-refractivity contribution is 7.13. The Morgan fingerprint density at radius 2 is 2.03 bits per heavy atom. The molecule has 1 N–H and O–H groups in total. The minimum absolute atomic E-state index is 0.137. The zero-order chi connectivity index (χ0) is 21.8. The SMILES string of the molecule is O=C(NCc1ccco1)c1csc(-c2ccc(OCc3c(F)cccc3Cl)cc2F)n1. The van der Waals surface area contributed by atoms with Gasteiger partial charge in [-0.05, 0) is 36.4 Å². The third kappa shape index (κ3) is 4.92. The molecule has 0 bridgehead atoms. The fourth-order valence-corrected chi connectivity index (χ4v) is 3.80. The van der Waals surface area contributed by atoms with E-state index in [4.69, 9.17) is 20.8 Å². The molecule has 0 atom stereocenters. The van der Waals surface area contributed by atoms with E-state index < -0.39 is 11.6 Å². The molecule has 4 aromatic rings. The van der Waals surface area contributed by atoms with E-state index in [1.807, 2.05) is 0 Å². The summed E-state index contributed by atoms with van der Waals surface area (Å²) in [7, 11) is 0. The van der Waals surface area contributed by atoms with Gasteiger partial charge >= 0.3 is 0 Å². The van der Waals surface area contributed by atoms with E-state index in [2.05, 4.69) is 10.3 Å². The molecule has 1 amide bonds. The number of hydrogen-bond acceptors (Lipinski definition) is 5. The second kappa shape index (κ2) is 9.28. The maximum absolute atomic E-state index is 14.6. The van der Waals surface area contributed by atoms with Crippen LogP contribution in [0.3, 0.4) is 0 Å². The molecule has 0 aliphatic rings. The first-order chi connectivity index (χ1) is 15.0. The minimum atomic E-state index is -0.575. The first-order valence-electron chi connectivity index (χ1n) is 9.13. The van der Waals surface area contributed by atoms with Crippen LogP contribution in [0.1, 0.15) is 21.8 Å². The first-order valence-corrected chi connectivity index (χ1v) is 10.4. The summed E-state index contributed by atoms with van der Waals surface area (Å²) in [5.41, 5.74) is 0.602. The van der Waals surface area contributed by atoms with Crippen LogP contribution in [0.2, 0.25) is 5.02 Å². The van der Waals surface area contributed by atoms with Gasteiger partial charge in [0.2, 0.25) is 0 Å². The highest BCUT2D eigenvalue weighted by atomic mass is 35.5. The summed E-state index contributed by atoms with van der Waals surface area (Å²) in [6.07, 6.45) is 1.52. The molecule has 2 heterocycles. The number of nitrogens with zero attached hydrogens (tertiary/aromatic N) is 1. The molecule has 31 heavy (non-hydrogen) atoms. The third-order valence-electron chi connectivity index (χ3n) is 4.36. The molecule has 2 aromatic heterocycles. The van der Waals surface area contributed by atoms with Crippen molar-refractivity contribution in [2.24, 2.45) is 0 Å². The van der Waals surface area contributed by atoms with Gasteiger partial charge in [-0.2, -0.15) is 0 Å². The highest BCUT2D eigenvalue weighted by Gasteiger charge is 2.16. The van der Waals surface area contributed by atoms with Crippen LogP contribution in [0, 0.1) is 11.6 Å². The number of ether oxygens (including phenoxy) is 1. The zero-order valence-electron chi connectivity index (χ0n) is 15.9. The number of benzene rings is 2. The Labute approximate surface area is 185 Å². The second-order valence-electron chi connectivity index (χ2n) is 6.43. The molecule has 0 aliphatic carbocycles. The van der Waals surface area contributed by atoms with Crippen molar-refractivity contribution in [1.29, 1.82) is 0 Å². The molecule has 0 radical (unpaired) electrons. The molecule has 0 saturated heterocycles. The van der Waals surface area contributed by atoms with Gasteiger partial charge in [-0.25, -0.2) is 13.8 Å². The Hall–Kier alpha value is -3.23. The molecule has 0 unspecified atom stereocenters. The predicted octanol–water partition coefficient (Wildman–Crippen LogP) is 5.84. The van der Waals surface area contributed by atoms with Crippen LogP contribution >= 0.6 is 22.9 Å². The summed E-state index contributed by atoms with van der Waals surface area (Å²) < 4.78 is 39.1. The van der Waals surface area contributed by atoms with Crippen molar-refractivity contribution in [2.75, 3.05) is 0 Å². The molecule has 9 heteroatoms. The number of thiazole rings is 1. The van der Waals surface area contributed by atoms with Crippen LogP contribution in [-0.4, -0.2) is 10.9 Å². The smallest absolute Gasteiger partial charge is 0.271 e. The van der Waals surface area contributed by atoms with E-state index in [0.29, 0.717) is 10.8 Å². The number of carbonyl (C=O) groups excluding carboxylic acids is 1. The predicted molar refractivity (Wildman–Crippen MR) is 113 cm³/mol. The van der Waals surface area contributed by atoms with Gasteiger partial charge in [0, 0.05) is 22.6 Å². The molecular formula is C22H15ClF2N2O3S. The van der Waals surface area contributed by atoms with Crippen molar-refractivity contribution in [1.82, 2.24) is 10.3 Å². The van der Waals surface area contributed by atoms with Crippen LogP contribution in [0.25, 0.3) is 10.6 Å². The molecule has 5 nitrogen and oxygen atoms in total. The Morgan fingerprint density at radius 1 is 1.16 bits per heavy atom. The van der Waals surface area contributed by atoms with Crippen molar-refractivity contribution in [3.05, 3.63) is 93.8 Å². The fourth-order valence-electron chi connectivity index (χ4n) is 2.76. The number of hydrogen-bond donors (Lipinski definition) is 1. The first kappa shape index (κ1) is 21.0. The molecule has 4 rings (SSSR count). The van der Waals surface area contributed by atoms with Crippen LogP contribution < -0.4 is 10.1 Å². The van der Waals surface area contributed by atoms with Crippen LogP contribution in [-0.2, 0) is 13.2 Å². The summed E-state index contributed by atoms with van der Waals surface area (Å²) in [4.78, 5) is 16.5. The normalized spacial score (nSPS) is 10.8. The number of rotatable bonds is 7. The van der Waals surface area contributed by atoms with Crippen molar-refractivity contribution in [3.8, 4) is 16.3 Å². The van der Waals surface area contributed by atoms with E-state index in [-0.39, 0.29) is 46.7 Å². The number of amides is 1. The van der Waals surface area contributed by atoms with Gasteiger partial charge in [0.15, 0.2) is 0 Å². The monoisotopic (exact) mass is 460 g/mol. The van der Waals surface area contributed by atoms with E-state index in [1.54, 1.807) is 29.6 Å². The summed E-state index contributed by atoms with van der Waals surface area (Å²) in [6, 6.07) is 12.0. The summed E-state index contributed by atoms with van der Waals surface area (Å²) in [5.74, 6) is -0.629. The lowest BCUT2D eigenvalue weighted by atomic mass is 10.2. The number of furan rings is 1. The summed E-state index contributed by atoms with van der Waals surface area (Å²) >= 11 is 7.12. The molecule has 2 aromatic carbocycles. The molecule has 0 saturated carbocycles. The maximum Gasteiger partial charge on any atom is 0.271 e. The van der Waals surface area contributed by atoms with Gasteiger partial charge in [-0.3, -0.25) is 4.79 Å². The lowest BCUT2D eigenvalue weighted by Gasteiger charge is -2.09. The summed E-state index contributed by atoms with van der Waals surface area (Å²) in [6.45, 7) is 0.0899. The lowest BCUT2D eigenvalue weighted by Crippen LogP contribution is -2.22. The van der Waals surface area contributed by atoms with Crippen LogP contribution in [0.15, 0.2) is 64.6 Å². The molecule has 158 valence electrons. The number of nitrogens with one attached hydrogen (secondary N) is 1. The second-order valence-corrected chi connectivity index (χ2v) is 7.70.